The van der Waals surface area contributed by atoms with Crippen molar-refractivity contribution in [2.24, 2.45) is 0 Å². The van der Waals surface area contributed by atoms with Gasteiger partial charge in [0.1, 0.15) is 23.7 Å². The Bertz CT molecular complexity index is 1380. The zero-order chi connectivity index (χ0) is 24.1. The lowest BCUT2D eigenvalue weighted by atomic mass is 10.1. The number of aromatic nitrogens is 3. The largest absolute Gasteiger partial charge is 0.376 e. The molecule has 0 saturated heterocycles. The lowest BCUT2D eigenvalue weighted by Gasteiger charge is -2.16. The smallest absolute Gasteiger partial charge is 0.257 e. The fourth-order valence-corrected chi connectivity index (χ4v) is 3.55. The number of halogens is 3. The van der Waals surface area contributed by atoms with Crippen LogP contribution >= 0.6 is 0 Å². The maximum Gasteiger partial charge on any atom is 0.257 e. The fourth-order valence-electron chi connectivity index (χ4n) is 3.55. The van der Waals surface area contributed by atoms with Gasteiger partial charge in [-0.3, -0.25) is 19.6 Å². The summed E-state index contributed by atoms with van der Waals surface area (Å²) in [7, 11) is 0. The number of pyridine rings is 3. The van der Waals surface area contributed by atoms with Gasteiger partial charge in [-0.1, -0.05) is 0 Å². The number of carbonyl (C=O) groups excluding carboxylic acids is 1. The molecule has 4 rings (SSSR count). The topological polar surface area (TPSA) is 88.9 Å². The van der Waals surface area contributed by atoms with Gasteiger partial charge in [0.25, 0.3) is 5.91 Å². The van der Waals surface area contributed by atoms with Gasteiger partial charge in [0.05, 0.1) is 17.4 Å². The van der Waals surface area contributed by atoms with Gasteiger partial charge in [0, 0.05) is 44.1 Å². The third-order valence-electron chi connectivity index (χ3n) is 5.24. The molecule has 0 saturated carbocycles. The van der Waals surface area contributed by atoms with Crippen LogP contribution < -0.4 is 16.1 Å². The van der Waals surface area contributed by atoms with E-state index in [-0.39, 0.29) is 36.1 Å². The van der Waals surface area contributed by atoms with Crippen molar-refractivity contribution in [3.05, 3.63) is 99.9 Å². The molecule has 0 aliphatic heterocycles. The van der Waals surface area contributed by atoms with Crippen LogP contribution in [0.4, 0.5) is 18.9 Å². The summed E-state index contributed by atoms with van der Waals surface area (Å²) in [6.07, 6.45) is 7.30. The van der Waals surface area contributed by atoms with E-state index in [1.165, 1.54) is 0 Å². The average Bonchev–Trinajstić information content (AvgIpc) is 2.85. The number of hydrogen-bond donors (Lipinski definition) is 2. The van der Waals surface area contributed by atoms with Crippen molar-refractivity contribution in [1.82, 2.24) is 19.9 Å². The van der Waals surface area contributed by atoms with Gasteiger partial charge < -0.3 is 15.2 Å². The van der Waals surface area contributed by atoms with E-state index >= 15 is 4.39 Å². The summed E-state index contributed by atoms with van der Waals surface area (Å²) in [5.41, 5.74) is -0.452. The molecule has 0 aliphatic rings. The summed E-state index contributed by atoms with van der Waals surface area (Å²) in [5, 5.41) is 4.92. The molecule has 1 amide bonds. The van der Waals surface area contributed by atoms with Gasteiger partial charge in [0.2, 0.25) is 5.43 Å². The van der Waals surface area contributed by atoms with Gasteiger partial charge in [-0.2, -0.15) is 0 Å². The van der Waals surface area contributed by atoms with E-state index in [0.29, 0.717) is 0 Å². The van der Waals surface area contributed by atoms with Crippen LogP contribution in [0, 0.1) is 11.6 Å². The number of benzene rings is 1. The molecule has 7 nitrogen and oxygen atoms in total. The van der Waals surface area contributed by atoms with Crippen molar-refractivity contribution in [3.63, 3.8) is 0 Å². The number of nitrogens with one attached hydrogen (secondary N) is 2. The molecule has 3 heterocycles. The van der Waals surface area contributed by atoms with E-state index in [9.17, 15) is 18.4 Å². The summed E-state index contributed by atoms with van der Waals surface area (Å²) in [6.45, 7) is -0.992. The molecule has 0 unspecified atom stereocenters. The second kappa shape index (κ2) is 10.2. The minimum Gasteiger partial charge on any atom is -0.376 e. The van der Waals surface area contributed by atoms with Crippen LogP contribution in [0.5, 0.6) is 0 Å². The fraction of sp³-hybridized carbons (Fsp3) is 0.167. The number of amides is 1. The third-order valence-corrected chi connectivity index (χ3v) is 5.24. The Balaban J connectivity index is 1.72. The molecule has 0 radical (unpaired) electrons. The van der Waals surface area contributed by atoms with E-state index in [1.54, 1.807) is 49.1 Å². The maximum atomic E-state index is 15.4. The first-order valence-electron chi connectivity index (χ1n) is 10.4. The molecule has 1 aromatic carbocycles. The van der Waals surface area contributed by atoms with Gasteiger partial charge in [-0.15, -0.1) is 0 Å². The highest BCUT2D eigenvalue weighted by molar-refractivity contribution is 5.98. The maximum absolute atomic E-state index is 15.4. The molecule has 0 atom stereocenters. The van der Waals surface area contributed by atoms with Crippen molar-refractivity contribution >= 4 is 22.5 Å². The monoisotopic (exact) mass is 467 g/mol. The molecule has 0 spiro atoms. The standard InChI is InChI=1S/C24H20F3N5O2/c25-5-10-32-14-18(24(34)31-13-16-3-8-29-9-4-16)23(33)17-11-19(26)21(20(27)22(17)32)30-12-15-1-6-28-7-2-15/h1-4,6-9,11,14,30H,5,10,12-13H2,(H,31,34). The summed E-state index contributed by atoms with van der Waals surface area (Å²) in [6, 6.07) is 7.60. The number of hydrogen-bond acceptors (Lipinski definition) is 5. The molecule has 4 aromatic rings. The summed E-state index contributed by atoms with van der Waals surface area (Å²) < 4.78 is 44.6. The Hall–Kier alpha value is -4.21. The summed E-state index contributed by atoms with van der Waals surface area (Å²) in [5.74, 6) is -2.78. The highest BCUT2D eigenvalue weighted by Gasteiger charge is 2.22. The highest BCUT2D eigenvalue weighted by atomic mass is 19.1. The van der Waals surface area contributed by atoms with Crippen molar-refractivity contribution in [2.45, 2.75) is 19.6 Å². The van der Waals surface area contributed by atoms with Crippen molar-refractivity contribution in [3.8, 4) is 0 Å². The van der Waals surface area contributed by atoms with Crippen LogP contribution in [0.2, 0.25) is 0 Å². The van der Waals surface area contributed by atoms with Crippen LogP contribution in [-0.2, 0) is 19.6 Å². The lowest BCUT2D eigenvalue weighted by molar-refractivity contribution is 0.0949. The number of nitrogens with zero attached hydrogens (tertiary/aromatic N) is 3. The SMILES string of the molecule is O=C(NCc1ccncc1)c1cn(CCF)c2c(F)c(NCc3ccncc3)c(F)cc2c1=O. The Morgan fingerprint density at radius 3 is 2.21 bits per heavy atom. The predicted octanol–water partition coefficient (Wildman–Crippen LogP) is 3.58. The van der Waals surface area contributed by atoms with Crippen molar-refractivity contribution in [1.29, 1.82) is 0 Å². The van der Waals surface area contributed by atoms with Crippen molar-refractivity contribution in [2.75, 3.05) is 12.0 Å². The Labute approximate surface area is 192 Å². The Morgan fingerprint density at radius 1 is 0.971 bits per heavy atom. The van der Waals surface area contributed by atoms with Crippen LogP contribution in [-0.4, -0.2) is 27.1 Å². The quantitative estimate of drug-likeness (QED) is 0.414. The molecule has 10 heteroatoms. The summed E-state index contributed by atoms with van der Waals surface area (Å²) in [4.78, 5) is 33.5. The first-order valence-corrected chi connectivity index (χ1v) is 10.4. The zero-order valence-electron chi connectivity index (χ0n) is 17.9. The number of alkyl halides is 1. The second-order valence-corrected chi connectivity index (χ2v) is 7.44. The zero-order valence-corrected chi connectivity index (χ0v) is 17.9. The first kappa shape index (κ1) is 23.0. The minimum absolute atomic E-state index is 0.102. The van der Waals surface area contributed by atoms with E-state index in [1.807, 2.05) is 0 Å². The number of fused-ring (bicyclic) bond motifs is 1. The first-order chi connectivity index (χ1) is 16.5. The highest BCUT2D eigenvalue weighted by Crippen LogP contribution is 2.27. The van der Waals surface area contributed by atoms with Gasteiger partial charge >= 0.3 is 0 Å². The molecule has 0 fully saturated rings. The Kier molecular flexibility index (Phi) is 6.86. The van der Waals surface area contributed by atoms with E-state index in [4.69, 9.17) is 0 Å². The van der Waals surface area contributed by atoms with Crippen LogP contribution in [0.1, 0.15) is 21.5 Å². The molecule has 3 aromatic heterocycles. The number of carbonyl (C=O) groups is 1. The normalized spacial score (nSPS) is 10.9. The van der Waals surface area contributed by atoms with E-state index in [0.717, 1.165) is 28.0 Å². The second-order valence-electron chi connectivity index (χ2n) is 7.44. The van der Waals surface area contributed by atoms with Crippen LogP contribution in [0.25, 0.3) is 10.9 Å². The number of anilines is 1. The van der Waals surface area contributed by atoms with Crippen LogP contribution in [0.15, 0.2) is 66.1 Å². The molecule has 174 valence electrons. The van der Waals surface area contributed by atoms with Crippen LogP contribution in [0.3, 0.4) is 0 Å². The molecular formula is C24H20F3N5O2. The van der Waals surface area contributed by atoms with Gasteiger partial charge in [-0.05, 0) is 41.5 Å². The van der Waals surface area contributed by atoms with Gasteiger partial charge in [-0.25, -0.2) is 13.2 Å². The van der Waals surface area contributed by atoms with E-state index in [2.05, 4.69) is 20.6 Å². The molecular weight excluding hydrogens is 447 g/mol. The third kappa shape index (κ3) is 4.75. The van der Waals surface area contributed by atoms with E-state index < -0.39 is 35.3 Å². The molecule has 34 heavy (non-hydrogen) atoms. The molecule has 0 bridgehead atoms. The number of aryl methyl sites for hydroxylation is 1. The summed E-state index contributed by atoms with van der Waals surface area (Å²) >= 11 is 0. The number of rotatable bonds is 8. The van der Waals surface area contributed by atoms with Gasteiger partial charge in [0.15, 0.2) is 5.82 Å². The lowest BCUT2D eigenvalue weighted by Crippen LogP contribution is -2.30. The average molecular weight is 467 g/mol. The van der Waals surface area contributed by atoms with Crippen molar-refractivity contribution < 1.29 is 18.0 Å². The molecule has 0 aliphatic carbocycles. The minimum atomic E-state index is -1.04. The molecule has 2 N–H and O–H groups in total. The Morgan fingerprint density at radius 2 is 1.59 bits per heavy atom. The predicted molar refractivity (Wildman–Crippen MR) is 121 cm³/mol.